The molecule has 53 heavy (non-hydrogen) atoms. The van der Waals surface area contributed by atoms with Gasteiger partial charge in [0.05, 0.1) is 26.2 Å². The fraction of sp³-hybridized carbons (Fsp3) is 0.600. The molecule has 1 aliphatic carbocycles. The summed E-state index contributed by atoms with van der Waals surface area (Å²) in [5.74, 6) is -1.37. The van der Waals surface area contributed by atoms with Crippen LogP contribution in [0.3, 0.4) is 0 Å². The van der Waals surface area contributed by atoms with Crippen LogP contribution in [0.5, 0.6) is 5.75 Å². The number of nitrogens with one attached hydrogen (secondary N) is 3. The molecule has 5 N–H and O–H groups in total. The van der Waals surface area contributed by atoms with Gasteiger partial charge in [-0.2, -0.15) is 5.06 Å². The van der Waals surface area contributed by atoms with Gasteiger partial charge < -0.3 is 35.8 Å². The molecule has 4 rings (SSSR count). The van der Waals surface area contributed by atoms with Crippen LogP contribution in [0.2, 0.25) is 0 Å². The number of nitrogens with zero attached hydrogens (tertiary/aromatic N) is 2. The minimum Gasteiger partial charge on any atom is -0.496 e. The fourth-order valence-corrected chi connectivity index (χ4v) is 7.90. The summed E-state index contributed by atoms with van der Waals surface area (Å²) in [7, 11) is 6.95. The number of methoxy groups -OCH3 is 1. The van der Waals surface area contributed by atoms with E-state index in [9.17, 15) is 24.3 Å². The average molecular weight is 738 g/mol. The first-order chi connectivity index (χ1) is 24.9. The van der Waals surface area contributed by atoms with E-state index in [0.29, 0.717) is 28.7 Å². The highest BCUT2D eigenvalue weighted by Gasteiger charge is 2.51. The number of para-hydroxylation sites is 1. The first kappa shape index (κ1) is 41.6. The van der Waals surface area contributed by atoms with Gasteiger partial charge in [0, 0.05) is 68.4 Å². The van der Waals surface area contributed by atoms with Crippen molar-refractivity contribution in [1.29, 1.82) is 0 Å². The minimum absolute atomic E-state index is 0.0346. The van der Waals surface area contributed by atoms with Crippen LogP contribution in [0.15, 0.2) is 36.4 Å². The van der Waals surface area contributed by atoms with Crippen LogP contribution in [0.1, 0.15) is 76.7 Å². The van der Waals surface area contributed by atoms with Crippen LogP contribution >= 0.6 is 0 Å². The van der Waals surface area contributed by atoms with Crippen molar-refractivity contribution >= 4 is 29.4 Å². The highest BCUT2D eigenvalue weighted by atomic mass is 16.7. The molecule has 1 aliphatic heterocycles. The van der Waals surface area contributed by atoms with E-state index in [0.717, 1.165) is 23.2 Å². The average Bonchev–Trinajstić information content (AvgIpc) is 3.48. The number of carbonyl (C=O) groups excluding carboxylic acids is 3. The third-order valence-corrected chi connectivity index (χ3v) is 11.9. The number of aliphatic carboxylic acids is 1. The van der Waals surface area contributed by atoms with Gasteiger partial charge in [-0.1, -0.05) is 52.8 Å². The molecule has 1 heterocycles. The summed E-state index contributed by atoms with van der Waals surface area (Å²) in [4.78, 5) is 59.3. The van der Waals surface area contributed by atoms with E-state index in [1.165, 1.54) is 0 Å². The number of anilines is 1. The lowest BCUT2D eigenvalue weighted by Gasteiger charge is -2.50. The number of hydroxylamine groups is 2. The molecular formula is C40H59N5O8. The van der Waals surface area contributed by atoms with Crippen LogP contribution < -0.4 is 25.6 Å². The lowest BCUT2D eigenvalue weighted by atomic mass is 9.58. The number of carboxylic acid groups (broad SMARTS) is 1. The highest BCUT2D eigenvalue weighted by Crippen LogP contribution is 2.47. The van der Waals surface area contributed by atoms with Gasteiger partial charge in [0.25, 0.3) is 5.91 Å². The van der Waals surface area contributed by atoms with Gasteiger partial charge in [-0.25, -0.2) is 0 Å². The minimum atomic E-state index is -1.08. The Bertz CT molecular complexity index is 1640. The predicted octanol–water partition coefficient (Wildman–Crippen LogP) is 4.07. The van der Waals surface area contributed by atoms with Crippen molar-refractivity contribution in [2.75, 3.05) is 39.7 Å². The standard InChI is InChI=1S/C40H59N5O8/c1-22-16-31(23(2)24(3)40(22,5)6)43-39(51)36-35(25(4)46)32(20-42-33(47)14-15-34(48)49)53-45(36)21-26-12-11-13-30(37(26)52-10)27-17-28(38(50)41-7)19-29(18-27)44(8)9/h11-13,17-19,22-25,31-32,35-36,46H,14-16,20-21H2,1-10H3,(H,41,50)(H,42,47)(H,43,51)(H,48,49)/t22-,23+,24+,25+,31+,32+,35-,36+/m1/s1. The predicted molar refractivity (Wildman–Crippen MR) is 203 cm³/mol. The number of carbonyl (C=O) groups is 4. The van der Waals surface area contributed by atoms with Gasteiger partial charge in [0.2, 0.25) is 11.8 Å². The quantitative estimate of drug-likeness (QED) is 0.191. The second kappa shape index (κ2) is 17.3. The summed E-state index contributed by atoms with van der Waals surface area (Å²) in [5.41, 5.74) is 3.60. The molecule has 2 fully saturated rings. The molecular weight excluding hydrogens is 678 g/mol. The molecule has 13 heteroatoms. The zero-order chi connectivity index (χ0) is 39.4. The van der Waals surface area contributed by atoms with Crippen molar-refractivity contribution in [2.45, 2.75) is 91.6 Å². The Kier molecular flexibility index (Phi) is 13.6. The van der Waals surface area contributed by atoms with Crippen LogP contribution in [0, 0.1) is 29.1 Å². The smallest absolute Gasteiger partial charge is 0.303 e. The SMILES string of the molecule is CNC(=O)c1cc(-c2cccc(CN3O[C@@H](CNC(=O)CCC(=O)O)[C@@H]([C@H](C)O)[C@H]3C(=O)N[C@H]3C[C@@H](C)C(C)(C)[C@@H](C)[C@@H]3C)c2OC)cc(N(C)C)c1. The van der Waals surface area contributed by atoms with E-state index in [1.54, 1.807) is 32.2 Å². The number of rotatable bonds is 14. The summed E-state index contributed by atoms with van der Waals surface area (Å²) in [6.45, 7) is 12.8. The third kappa shape index (κ3) is 9.31. The molecule has 8 atom stereocenters. The zero-order valence-electron chi connectivity index (χ0n) is 32.9. The maximum atomic E-state index is 14.5. The van der Waals surface area contributed by atoms with E-state index < -0.39 is 36.0 Å². The number of amides is 3. The van der Waals surface area contributed by atoms with Crippen LogP contribution in [0.4, 0.5) is 5.69 Å². The molecule has 0 radical (unpaired) electrons. The first-order valence-corrected chi connectivity index (χ1v) is 18.5. The van der Waals surface area contributed by atoms with Gasteiger partial charge >= 0.3 is 5.97 Å². The molecule has 1 saturated heterocycles. The number of hydrogen-bond acceptors (Lipinski definition) is 9. The third-order valence-electron chi connectivity index (χ3n) is 11.9. The van der Waals surface area contributed by atoms with E-state index in [4.69, 9.17) is 14.7 Å². The van der Waals surface area contributed by atoms with Gasteiger partial charge in [0.1, 0.15) is 17.9 Å². The molecule has 3 amide bonds. The second-order valence-electron chi connectivity index (χ2n) is 15.6. The Morgan fingerprint density at radius 1 is 1.09 bits per heavy atom. The van der Waals surface area contributed by atoms with Crippen molar-refractivity contribution < 1.29 is 39.0 Å². The molecule has 292 valence electrons. The summed E-state index contributed by atoms with van der Waals surface area (Å²) >= 11 is 0. The summed E-state index contributed by atoms with van der Waals surface area (Å²) in [6, 6.07) is 10.2. The van der Waals surface area contributed by atoms with Crippen LogP contribution in [-0.2, 0) is 25.8 Å². The fourth-order valence-electron chi connectivity index (χ4n) is 7.90. The molecule has 0 aromatic heterocycles. The molecule has 2 aliphatic rings. The molecule has 13 nitrogen and oxygen atoms in total. The molecule has 0 unspecified atom stereocenters. The number of aliphatic hydroxyl groups excluding tert-OH is 1. The molecule has 2 aromatic carbocycles. The summed E-state index contributed by atoms with van der Waals surface area (Å²) in [5, 5.41) is 30.6. The van der Waals surface area contributed by atoms with Gasteiger partial charge in [-0.15, -0.1) is 0 Å². The maximum Gasteiger partial charge on any atom is 0.303 e. The van der Waals surface area contributed by atoms with Crippen molar-refractivity contribution in [3.63, 3.8) is 0 Å². The van der Waals surface area contributed by atoms with E-state index in [-0.39, 0.29) is 55.1 Å². The summed E-state index contributed by atoms with van der Waals surface area (Å²) in [6.07, 6.45) is -1.51. The molecule has 0 spiro atoms. The Hall–Kier alpha value is -4.20. The van der Waals surface area contributed by atoms with Crippen molar-refractivity contribution in [2.24, 2.45) is 29.1 Å². The highest BCUT2D eigenvalue weighted by molar-refractivity contribution is 5.97. The Balaban J connectivity index is 1.73. The molecule has 0 bridgehead atoms. The van der Waals surface area contributed by atoms with Crippen molar-refractivity contribution in [3.8, 4) is 16.9 Å². The Labute approximate surface area is 313 Å². The number of carboxylic acids is 1. The molecule has 1 saturated carbocycles. The monoisotopic (exact) mass is 737 g/mol. The number of aliphatic hydroxyl groups is 1. The number of benzene rings is 2. The van der Waals surface area contributed by atoms with Gasteiger partial charge in [-0.3, -0.25) is 24.0 Å². The maximum absolute atomic E-state index is 14.5. The topological polar surface area (TPSA) is 170 Å². The lowest BCUT2D eigenvalue weighted by molar-refractivity contribution is -0.176. The van der Waals surface area contributed by atoms with Crippen molar-refractivity contribution in [1.82, 2.24) is 21.0 Å². The second-order valence-corrected chi connectivity index (χ2v) is 15.6. The largest absolute Gasteiger partial charge is 0.496 e. The first-order valence-electron chi connectivity index (χ1n) is 18.5. The zero-order valence-corrected chi connectivity index (χ0v) is 32.9. The number of ether oxygens (including phenoxy) is 1. The van der Waals surface area contributed by atoms with E-state index in [2.05, 4.69) is 50.6 Å². The lowest BCUT2D eigenvalue weighted by Crippen LogP contribution is -2.57. The summed E-state index contributed by atoms with van der Waals surface area (Å²) < 4.78 is 6.02. The van der Waals surface area contributed by atoms with Crippen LogP contribution in [0.25, 0.3) is 11.1 Å². The van der Waals surface area contributed by atoms with E-state index >= 15 is 0 Å². The Morgan fingerprint density at radius 2 is 1.79 bits per heavy atom. The molecule has 2 aromatic rings. The van der Waals surface area contributed by atoms with Gasteiger partial charge in [-0.05, 0) is 60.3 Å². The Morgan fingerprint density at radius 3 is 2.40 bits per heavy atom. The normalized spacial score (nSPS) is 26.0. The van der Waals surface area contributed by atoms with Crippen LogP contribution in [-0.4, -0.2) is 98.1 Å². The van der Waals surface area contributed by atoms with Crippen molar-refractivity contribution in [3.05, 3.63) is 47.5 Å². The number of hydrogen-bond donors (Lipinski definition) is 5. The van der Waals surface area contributed by atoms with Gasteiger partial charge in [0.15, 0.2) is 0 Å². The van der Waals surface area contributed by atoms with E-state index in [1.807, 2.05) is 49.3 Å².